The van der Waals surface area contributed by atoms with Crippen LogP contribution in [-0.2, 0) is 0 Å². The van der Waals surface area contributed by atoms with Crippen molar-refractivity contribution in [3.63, 3.8) is 0 Å². The van der Waals surface area contributed by atoms with Crippen molar-refractivity contribution in [1.82, 2.24) is 4.90 Å². The van der Waals surface area contributed by atoms with E-state index in [1.165, 1.54) is 23.3 Å². The molecule has 1 aromatic heterocycles. The molecule has 112 valence electrons. The number of piperidine rings is 1. The first-order chi connectivity index (χ1) is 10.0. The van der Waals surface area contributed by atoms with E-state index >= 15 is 0 Å². The average molecular weight is 302 g/mol. The first kappa shape index (κ1) is 14.4. The standard InChI is InChI=1S/C17H22N2OS/c1-10-7-5-9-19(12(10)3)17(20)16-14(18)13-8-4-6-11(2)15(13)21-16/h4,6,8,10,12H,5,7,9,18H2,1-3H3. The minimum absolute atomic E-state index is 0.104. The van der Waals surface area contributed by atoms with Crippen LogP contribution in [0.1, 0.15) is 41.9 Å². The molecule has 0 spiro atoms. The molecule has 3 nitrogen and oxygen atoms in total. The van der Waals surface area contributed by atoms with E-state index in [-0.39, 0.29) is 11.9 Å². The van der Waals surface area contributed by atoms with E-state index < -0.39 is 0 Å². The monoisotopic (exact) mass is 302 g/mol. The highest BCUT2D eigenvalue weighted by Crippen LogP contribution is 2.37. The van der Waals surface area contributed by atoms with Crippen LogP contribution in [0.25, 0.3) is 10.1 Å². The van der Waals surface area contributed by atoms with Gasteiger partial charge >= 0.3 is 0 Å². The zero-order valence-corrected chi connectivity index (χ0v) is 13.7. The van der Waals surface area contributed by atoms with Gasteiger partial charge in [-0.1, -0.05) is 25.1 Å². The molecule has 1 amide bonds. The van der Waals surface area contributed by atoms with Gasteiger partial charge in [0.1, 0.15) is 4.88 Å². The van der Waals surface area contributed by atoms with Gasteiger partial charge in [0, 0.05) is 22.7 Å². The van der Waals surface area contributed by atoms with E-state index in [4.69, 9.17) is 5.73 Å². The van der Waals surface area contributed by atoms with Gasteiger partial charge in [0.05, 0.1) is 5.69 Å². The average Bonchev–Trinajstić information content (AvgIpc) is 2.80. The van der Waals surface area contributed by atoms with Gasteiger partial charge in [-0.2, -0.15) is 0 Å². The van der Waals surface area contributed by atoms with Gasteiger partial charge in [0.15, 0.2) is 0 Å². The highest BCUT2D eigenvalue weighted by molar-refractivity contribution is 7.21. The van der Waals surface area contributed by atoms with Crippen LogP contribution in [0.15, 0.2) is 18.2 Å². The summed E-state index contributed by atoms with van der Waals surface area (Å²) in [5.41, 5.74) is 8.09. The number of likely N-dealkylation sites (tertiary alicyclic amines) is 1. The molecule has 4 heteroatoms. The zero-order valence-electron chi connectivity index (χ0n) is 12.8. The largest absolute Gasteiger partial charge is 0.397 e. The number of anilines is 1. The smallest absolute Gasteiger partial charge is 0.266 e. The summed E-state index contributed by atoms with van der Waals surface area (Å²) in [7, 11) is 0. The molecule has 2 N–H and O–H groups in total. The maximum atomic E-state index is 12.9. The van der Waals surface area contributed by atoms with Crippen LogP contribution in [0.5, 0.6) is 0 Å². The van der Waals surface area contributed by atoms with Crippen molar-refractivity contribution in [1.29, 1.82) is 0 Å². The summed E-state index contributed by atoms with van der Waals surface area (Å²) in [6.45, 7) is 7.29. The molecule has 1 saturated heterocycles. The quantitative estimate of drug-likeness (QED) is 0.863. The highest BCUT2D eigenvalue weighted by atomic mass is 32.1. The predicted molar refractivity (Wildman–Crippen MR) is 89.9 cm³/mol. The fourth-order valence-electron chi connectivity index (χ4n) is 3.19. The Morgan fingerprint density at radius 2 is 2.14 bits per heavy atom. The summed E-state index contributed by atoms with van der Waals surface area (Å²) < 4.78 is 1.14. The lowest BCUT2D eigenvalue weighted by molar-refractivity contribution is 0.0557. The molecule has 2 heterocycles. The Hall–Kier alpha value is -1.55. The number of fused-ring (bicyclic) bond motifs is 1. The van der Waals surface area contributed by atoms with Crippen molar-refractivity contribution in [2.45, 2.75) is 39.7 Å². The van der Waals surface area contributed by atoms with Crippen molar-refractivity contribution in [3.8, 4) is 0 Å². The summed E-state index contributed by atoms with van der Waals surface area (Å²) in [4.78, 5) is 15.6. The fraction of sp³-hybridized carbons (Fsp3) is 0.471. The molecule has 1 aliphatic heterocycles. The highest BCUT2D eigenvalue weighted by Gasteiger charge is 2.31. The maximum absolute atomic E-state index is 12.9. The third kappa shape index (κ3) is 2.31. The maximum Gasteiger partial charge on any atom is 0.266 e. The molecular formula is C17H22N2OS. The second-order valence-corrected chi connectivity index (χ2v) is 7.18. The molecule has 3 rings (SSSR count). The lowest BCUT2D eigenvalue weighted by Gasteiger charge is -2.37. The van der Waals surface area contributed by atoms with E-state index in [9.17, 15) is 4.79 Å². The Morgan fingerprint density at radius 1 is 1.38 bits per heavy atom. The fourth-order valence-corrected chi connectivity index (χ4v) is 4.34. The number of nitrogen functional groups attached to an aromatic ring is 1. The lowest BCUT2D eigenvalue weighted by atomic mass is 9.92. The number of nitrogens with zero attached hydrogens (tertiary/aromatic N) is 1. The van der Waals surface area contributed by atoms with Gasteiger partial charge in [-0.05, 0) is 38.2 Å². The third-order valence-electron chi connectivity index (χ3n) is 4.78. The van der Waals surface area contributed by atoms with Crippen LogP contribution in [0.2, 0.25) is 0 Å². The second kappa shape index (κ2) is 5.34. The van der Waals surface area contributed by atoms with Crippen LogP contribution < -0.4 is 5.73 Å². The van der Waals surface area contributed by atoms with E-state index in [0.717, 1.165) is 23.1 Å². The molecule has 2 aromatic rings. The number of nitrogens with two attached hydrogens (primary N) is 1. The topological polar surface area (TPSA) is 46.3 Å². The van der Waals surface area contributed by atoms with Gasteiger partial charge in [-0.3, -0.25) is 4.79 Å². The Labute approximate surface area is 129 Å². The number of carbonyl (C=O) groups excluding carboxylic acids is 1. The number of carbonyl (C=O) groups is 1. The van der Waals surface area contributed by atoms with Crippen molar-refractivity contribution in [2.24, 2.45) is 5.92 Å². The molecule has 0 saturated carbocycles. The first-order valence-corrected chi connectivity index (χ1v) is 8.41. The number of rotatable bonds is 1. The Morgan fingerprint density at radius 3 is 2.86 bits per heavy atom. The summed E-state index contributed by atoms with van der Waals surface area (Å²) >= 11 is 1.54. The van der Waals surface area contributed by atoms with Gasteiger partial charge in [0.25, 0.3) is 5.91 Å². The minimum atomic E-state index is 0.104. The van der Waals surface area contributed by atoms with E-state index in [2.05, 4.69) is 26.8 Å². The molecule has 0 bridgehead atoms. The van der Waals surface area contributed by atoms with Crippen molar-refractivity contribution in [3.05, 3.63) is 28.6 Å². The number of hydrogen-bond acceptors (Lipinski definition) is 3. The number of aryl methyl sites for hydroxylation is 1. The SMILES string of the molecule is Cc1cccc2c(N)c(C(=O)N3CCCC(C)C3C)sc12. The molecular weight excluding hydrogens is 280 g/mol. The van der Waals surface area contributed by atoms with Gasteiger partial charge < -0.3 is 10.6 Å². The number of thiophene rings is 1. The van der Waals surface area contributed by atoms with E-state index in [1.807, 2.05) is 17.0 Å². The van der Waals surface area contributed by atoms with Crippen LogP contribution in [-0.4, -0.2) is 23.4 Å². The predicted octanol–water partition coefficient (Wildman–Crippen LogP) is 4.05. The zero-order chi connectivity index (χ0) is 15.1. The van der Waals surface area contributed by atoms with Crippen LogP contribution in [0.4, 0.5) is 5.69 Å². The molecule has 0 radical (unpaired) electrons. The molecule has 2 atom stereocenters. The summed E-state index contributed by atoms with van der Waals surface area (Å²) in [5, 5.41) is 1.01. The molecule has 1 fully saturated rings. The van der Waals surface area contributed by atoms with Crippen LogP contribution >= 0.6 is 11.3 Å². The number of hydrogen-bond donors (Lipinski definition) is 1. The molecule has 1 aromatic carbocycles. The normalized spacial score (nSPS) is 22.7. The van der Waals surface area contributed by atoms with E-state index in [1.54, 1.807) is 0 Å². The summed E-state index contributed by atoms with van der Waals surface area (Å²) in [6.07, 6.45) is 2.28. The van der Waals surface area contributed by atoms with Crippen LogP contribution in [0, 0.1) is 12.8 Å². The molecule has 2 unspecified atom stereocenters. The second-order valence-electron chi connectivity index (χ2n) is 6.16. The van der Waals surface area contributed by atoms with Gasteiger partial charge in [-0.25, -0.2) is 0 Å². The Bertz CT molecular complexity index is 691. The lowest BCUT2D eigenvalue weighted by Crippen LogP contribution is -2.45. The Kier molecular flexibility index (Phi) is 3.66. The van der Waals surface area contributed by atoms with Crippen molar-refractivity contribution < 1.29 is 4.79 Å². The van der Waals surface area contributed by atoms with Crippen LogP contribution in [0.3, 0.4) is 0 Å². The molecule has 1 aliphatic rings. The van der Waals surface area contributed by atoms with Gasteiger partial charge in [-0.15, -0.1) is 11.3 Å². The van der Waals surface area contributed by atoms with Crippen molar-refractivity contribution in [2.75, 3.05) is 12.3 Å². The molecule has 21 heavy (non-hydrogen) atoms. The van der Waals surface area contributed by atoms with E-state index in [0.29, 0.717) is 16.5 Å². The van der Waals surface area contributed by atoms with Gasteiger partial charge in [0.2, 0.25) is 0 Å². The summed E-state index contributed by atoms with van der Waals surface area (Å²) in [6, 6.07) is 6.36. The van der Waals surface area contributed by atoms with Crippen molar-refractivity contribution >= 4 is 33.0 Å². The first-order valence-electron chi connectivity index (χ1n) is 7.59. The summed E-state index contributed by atoms with van der Waals surface area (Å²) in [5.74, 6) is 0.659. The third-order valence-corrected chi connectivity index (χ3v) is 6.12. The minimum Gasteiger partial charge on any atom is -0.397 e. The Balaban J connectivity index is 2.02. The molecule has 0 aliphatic carbocycles. The number of benzene rings is 1. The number of amides is 1.